The van der Waals surface area contributed by atoms with Gasteiger partial charge in [0.15, 0.2) is 0 Å². The van der Waals surface area contributed by atoms with Gasteiger partial charge in [0, 0.05) is 22.6 Å². The highest BCUT2D eigenvalue weighted by Gasteiger charge is 2.04. The summed E-state index contributed by atoms with van der Waals surface area (Å²) in [6.45, 7) is 5.97. The molecule has 134 valence electrons. The van der Waals surface area contributed by atoms with Crippen LogP contribution in [0.5, 0.6) is 5.75 Å². The monoisotopic (exact) mass is 368 g/mol. The molecule has 2 aromatic carbocycles. The molecule has 6 heteroatoms. The number of aromatic nitrogens is 2. The van der Waals surface area contributed by atoms with Crippen molar-refractivity contribution in [2.45, 2.75) is 26.9 Å². The van der Waals surface area contributed by atoms with E-state index < -0.39 is 0 Å². The second kappa shape index (κ2) is 8.06. The topological polar surface area (TPSA) is 59.1 Å². The van der Waals surface area contributed by atoms with Crippen LogP contribution in [0.2, 0.25) is 5.02 Å². The van der Waals surface area contributed by atoms with Crippen LogP contribution in [0.15, 0.2) is 54.7 Å². The van der Waals surface area contributed by atoms with Crippen LogP contribution in [0.1, 0.15) is 19.4 Å². The molecule has 0 aliphatic rings. The van der Waals surface area contributed by atoms with Crippen molar-refractivity contribution in [1.82, 2.24) is 9.97 Å². The number of halogens is 1. The van der Waals surface area contributed by atoms with Gasteiger partial charge in [-0.2, -0.15) is 4.98 Å². The normalized spacial score (nSPS) is 10.7. The lowest BCUT2D eigenvalue weighted by Gasteiger charge is -2.11. The fourth-order valence-corrected chi connectivity index (χ4v) is 2.51. The molecular formula is C20H21ClN4O. The van der Waals surface area contributed by atoms with E-state index in [-0.39, 0.29) is 6.10 Å². The van der Waals surface area contributed by atoms with Crippen LogP contribution < -0.4 is 15.4 Å². The second-order valence-corrected chi connectivity index (χ2v) is 6.58. The molecule has 0 fully saturated rings. The molecule has 0 unspecified atom stereocenters. The zero-order chi connectivity index (χ0) is 18.5. The van der Waals surface area contributed by atoms with Gasteiger partial charge in [-0.25, -0.2) is 4.98 Å². The molecule has 3 rings (SSSR count). The van der Waals surface area contributed by atoms with Gasteiger partial charge in [0.05, 0.1) is 6.10 Å². The maximum Gasteiger partial charge on any atom is 0.229 e. The Bertz CT molecular complexity index is 881. The van der Waals surface area contributed by atoms with Crippen LogP contribution >= 0.6 is 11.6 Å². The summed E-state index contributed by atoms with van der Waals surface area (Å²) in [4.78, 5) is 8.73. The predicted octanol–water partition coefficient (Wildman–Crippen LogP) is 5.71. The van der Waals surface area contributed by atoms with Gasteiger partial charge in [0.1, 0.15) is 11.6 Å². The Hall–Kier alpha value is -2.79. The summed E-state index contributed by atoms with van der Waals surface area (Å²) in [5.41, 5.74) is 2.79. The molecule has 0 saturated carbocycles. The van der Waals surface area contributed by atoms with Gasteiger partial charge in [-0.3, -0.25) is 0 Å². The molecule has 0 amide bonds. The molecule has 0 atom stereocenters. The zero-order valence-corrected chi connectivity index (χ0v) is 15.7. The van der Waals surface area contributed by atoms with Crippen molar-refractivity contribution >= 4 is 34.7 Å². The van der Waals surface area contributed by atoms with Crippen molar-refractivity contribution in [3.05, 3.63) is 65.3 Å². The maximum atomic E-state index is 6.16. The number of rotatable bonds is 6. The van der Waals surface area contributed by atoms with Gasteiger partial charge >= 0.3 is 0 Å². The summed E-state index contributed by atoms with van der Waals surface area (Å²) >= 11 is 6.16. The highest BCUT2D eigenvalue weighted by molar-refractivity contribution is 6.31. The largest absolute Gasteiger partial charge is 0.491 e. The van der Waals surface area contributed by atoms with Crippen LogP contribution in [-0.4, -0.2) is 16.1 Å². The minimum Gasteiger partial charge on any atom is -0.491 e. The van der Waals surface area contributed by atoms with E-state index in [1.165, 1.54) is 0 Å². The predicted molar refractivity (Wildman–Crippen MR) is 107 cm³/mol. The van der Waals surface area contributed by atoms with E-state index in [2.05, 4.69) is 20.6 Å². The highest BCUT2D eigenvalue weighted by Crippen LogP contribution is 2.23. The Morgan fingerprint density at radius 1 is 0.962 bits per heavy atom. The molecule has 26 heavy (non-hydrogen) atoms. The van der Waals surface area contributed by atoms with E-state index in [0.29, 0.717) is 16.8 Å². The van der Waals surface area contributed by atoms with E-state index in [0.717, 1.165) is 22.7 Å². The standard InChI is InChI=1S/C20H21ClN4O/c1-13(2)26-17-8-6-15(7-9-17)23-19-10-11-22-20(25-19)24-16-5-4-14(3)18(21)12-16/h4-13H,1-3H3,(H2,22,23,24,25). The molecular weight excluding hydrogens is 348 g/mol. The number of ether oxygens (including phenoxy) is 1. The summed E-state index contributed by atoms with van der Waals surface area (Å²) in [7, 11) is 0. The fourth-order valence-electron chi connectivity index (χ4n) is 2.33. The van der Waals surface area contributed by atoms with Gasteiger partial charge in [0.25, 0.3) is 0 Å². The van der Waals surface area contributed by atoms with Crippen molar-refractivity contribution < 1.29 is 4.74 Å². The number of aryl methyl sites for hydroxylation is 1. The molecule has 0 radical (unpaired) electrons. The minimum atomic E-state index is 0.152. The molecule has 1 heterocycles. The number of nitrogens with zero attached hydrogens (tertiary/aromatic N) is 2. The Morgan fingerprint density at radius 2 is 1.69 bits per heavy atom. The quantitative estimate of drug-likeness (QED) is 0.583. The first-order valence-corrected chi connectivity index (χ1v) is 8.77. The fraction of sp³-hybridized carbons (Fsp3) is 0.200. The van der Waals surface area contributed by atoms with Crippen molar-refractivity contribution in [3.63, 3.8) is 0 Å². The lowest BCUT2D eigenvalue weighted by molar-refractivity contribution is 0.242. The Balaban J connectivity index is 1.69. The Kier molecular flexibility index (Phi) is 5.58. The van der Waals surface area contributed by atoms with E-state index in [9.17, 15) is 0 Å². The van der Waals surface area contributed by atoms with E-state index in [1.807, 2.05) is 69.3 Å². The van der Waals surface area contributed by atoms with Crippen LogP contribution in [-0.2, 0) is 0 Å². The van der Waals surface area contributed by atoms with Gasteiger partial charge in [-0.15, -0.1) is 0 Å². The summed E-state index contributed by atoms with van der Waals surface area (Å²) in [5, 5.41) is 7.12. The third-order valence-electron chi connectivity index (χ3n) is 3.58. The zero-order valence-electron chi connectivity index (χ0n) is 15.0. The first-order chi connectivity index (χ1) is 12.5. The second-order valence-electron chi connectivity index (χ2n) is 6.17. The molecule has 2 N–H and O–H groups in total. The van der Waals surface area contributed by atoms with E-state index in [1.54, 1.807) is 6.20 Å². The van der Waals surface area contributed by atoms with Gasteiger partial charge in [-0.1, -0.05) is 17.7 Å². The molecule has 1 aromatic heterocycles. The summed E-state index contributed by atoms with van der Waals surface area (Å²) in [6, 6.07) is 15.3. The van der Waals surface area contributed by atoms with E-state index >= 15 is 0 Å². The van der Waals surface area contributed by atoms with Crippen LogP contribution in [0, 0.1) is 6.92 Å². The number of anilines is 4. The number of nitrogens with one attached hydrogen (secondary N) is 2. The molecule has 0 spiro atoms. The first-order valence-electron chi connectivity index (χ1n) is 8.39. The van der Waals surface area contributed by atoms with Crippen molar-refractivity contribution in [2.24, 2.45) is 0 Å². The van der Waals surface area contributed by atoms with Crippen LogP contribution in [0.25, 0.3) is 0 Å². The molecule has 3 aromatic rings. The molecule has 0 bridgehead atoms. The SMILES string of the molecule is Cc1ccc(Nc2nccc(Nc3ccc(OC(C)C)cc3)n2)cc1Cl. The van der Waals surface area contributed by atoms with Crippen LogP contribution in [0.4, 0.5) is 23.1 Å². The average molecular weight is 369 g/mol. The smallest absolute Gasteiger partial charge is 0.229 e. The van der Waals surface area contributed by atoms with Gasteiger partial charge in [0.2, 0.25) is 5.95 Å². The third kappa shape index (κ3) is 4.86. The van der Waals surface area contributed by atoms with Gasteiger partial charge < -0.3 is 15.4 Å². The lowest BCUT2D eigenvalue weighted by atomic mass is 10.2. The van der Waals surface area contributed by atoms with Crippen molar-refractivity contribution in [1.29, 1.82) is 0 Å². The Labute approximate surface area is 158 Å². The minimum absolute atomic E-state index is 0.152. The summed E-state index contributed by atoms with van der Waals surface area (Å²) < 4.78 is 5.65. The molecule has 0 saturated heterocycles. The molecule has 5 nitrogen and oxygen atoms in total. The average Bonchev–Trinajstić information content (AvgIpc) is 2.60. The number of hydrogen-bond donors (Lipinski definition) is 2. The molecule has 0 aliphatic carbocycles. The molecule has 0 aliphatic heterocycles. The summed E-state index contributed by atoms with van der Waals surface area (Å²) in [5.74, 6) is 2.03. The van der Waals surface area contributed by atoms with E-state index in [4.69, 9.17) is 16.3 Å². The number of benzene rings is 2. The maximum absolute atomic E-state index is 6.16. The summed E-state index contributed by atoms with van der Waals surface area (Å²) in [6.07, 6.45) is 1.85. The Morgan fingerprint density at radius 3 is 2.38 bits per heavy atom. The van der Waals surface area contributed by atoms with Gasteiger partial charge in [-0.05, 0) is 68.8 Å². The van der Waals surface area contributed by atoms with Crippen molar-refractivity contribution in [2.75, 3.05) is 10.6 Å². The highest BCUT2D eigenvalue weighted by atomic mass is 35.5. The lowest BCUT2D eigenvalue weighted by Crippen LogP contribution is -2.05. The van der Waals surface area contributed by atoms with Crippen molar-refractivity contribution in [3.8, 4) is 5.75 Å². The van der Waals surface area contributed by atoms with Crippen LogP contribution in [0.3, 0.4) is 0 Å². The number of hydrogen-bond acceptors (Lipinski definition) is 5. The first kappa shape index (κ1) is 18.0. The third-order valence-corrected chi connectivity index (χ3v) is 3.99.